The predicted molar refractivity (Wildman–Crippen MR) is 114 cm³/mol. The highest BCUT2D eigenvalue weighted by molar-refractivity contribution is 5.86. The third kappa shape index (κ3) is 2.84. The molecule has 1 aromatic heterocycles. The molecule has 0 bridgehead atoms. The summed E-state index contributed by atoms with van der Waals surface area (Å²) in [6.45, 7) is 14.1. The van der Waals surface area contributed by atoms with Crippen LogP contribution in [-0.4, -0.2) is 22.6 Å². The van der Waals surface area contributed by atoms with Crippen molar-refractivity contribution in [3.05, 3.63) is 60.8 Å². The van der Waals surface area contributed by atoms with Crippen molar-refractivity contribution in [2.75, 3.05) is 13.1 Å². The summed E-state index contributed by atoms with van der Waals surface area (Å²) < 4.78 is 2.61. The highest BCUT2D eigenvalue weighted by atomic mass is 35.5. The van der Waals surface area contributed by atoms with E-state index in [1.165, 1.54) is 48.8 Å². The third-order valence-corrected chi connectivity index (χ3v) is 6.55. The number of aryl methyl sites for hydroxylation is 2. The molecule has 3 heteroatoms. The van der Waals surface area contributed by atoms with Gasteiger partial charge in [-0.2, -0.15) is 0 Å². The largest absolute Gasteiger partial charge is 0.343 e. The number of hydrogen-bond acceptors (Lipinski definition) is 1. The molecule has 3 heterocycles. The van der Waals surface area contributed by atoms with Crippen LogP contribution in [0.1, 0.15) is 49.4 Å². The van der Waals surface area contributed by atoms with E-state index in [0.717, 1.165) is 19.4 Å². The van der Waals surface area contributed by atoms with E-state index in [1.54, 1.807) is 5.69 Å². The van der Waals surface area contributed by atoms with Crippen LogP contribution < -0.4 is 0 Å². The summed E-state index contributed by atoms with van der Waals surface area (Å²) in [5, 5.41) is 1.43. The number of rotatable bonds is 5. The van der Waals surface area contributed by atoms with Gasteiger partial charge in [-0.1, -0.05) is 30.4 Å². The lowest BCUT2D eigenvalue weighted by atomic mass is 9.68. The van der Waals surface area contributed by atoms with Gasteiger partial charge in [0.25, 0.3) is 0 Å². The standard InChI is InChI=1S/C23H30N2.ClH/c1-4-12-23(13-5-2)14-17-25-20-11-7-6-10-19(20)18(3)21(25)22(23)24-15-8-9-16-24;/h4-7,10-11,22H,1-2,8-9,12-17H2,3H3;1H. The Bertz CT molecular complexity index is 788. The minimum Gasteiger partial charge on any atom is -0.343 e. The highest BCUT2D eigenvalue weighted by Crippen LogP contribution is 2.53. The Hall–Kier alpha value is -1.51. The number of halogens is 1. The second kappa shape index (κ2) is 7.62. The number of nitrogens with zero attached hydrogens (tertiary/aromatic N) is 2. The molecule has 0 N–H and O–H groups in total. The van der Waals surface area contributed by atoms with Gasteiger partial charge >= 0.3 is 0 Å². The molecule has 140 valence electrons. The fourth-order valence-electron chi connectivity index (χ4n) is 5.50. The molecule has 1 atom stereocenters. The van der Waals surface area contributed by atoms with Gasteiger partial charge in [0.1, 0.15) is 0 Å². The van der Waals surface area contributed by atoms with Crippen molar-refractivity contribution in [2.45, 2.75) is 51.6 Å². The van der Waals surface area contributed by atoms with Crippen LogP contribution in [0, 0.1) is 12.3 Å². The van der Waals surface area contributed by atoms with Crippen LogP contribution in [0.25, 0.3) is 10.9 Å². The number of likely N-dealkylation sites (tertiary alicyclic amines) is 1. The van der Waals surface area contributed by atoms with E-state index in [0.29, 0.717) is 6.04 Å². The number of para-hydroxylation sites is 1. The molecule has 0 saturated carbocycles. The van der Waals surface area contributed by atoms with Gasteiger partial charge in [-0.05, 0) is 63.7 Å². The zero-order valence-electron chi connectivity index (χ0n) is 15.9. The Morgan fingerprint density at radius 3 is 2.38 bits per heavy atom. The van der Waals surface area contributed by atoms with Crippen LogP contribution in [0.5, 0.6) is 0 Å². The lowest BCUT2D eigenvalue weighted by Gasteiger charge is -2.48. The van der Waals surface area contributed by atoms with E-state index in [1.807, 2.05) is 0 Å². The quantitative estimate of drug-likeness (QED) is 0.581. The number of allylic oxidation sites excluding steroid dienone is 2. The van der Waals surface area contributed by atoms with Gasteiger partial charge in [0, 0.05) is 28.6 Å². The zero-order valence-corrected chi connectivity index (χ0v) is 16.7. The van der Waals surface area contributed by atoms with Crippen molar-refractivity contribution in [3.8, 4) is 0 Å². The minimum absolute atomic E-state index is 0. The SMILES string of the molecule is C=CCC1(CC=C)CCn2c(c(C)c3ccccc32)C1N1CCCC1.Cl. The average molecular weight is 371 g/mol. The molecule has 1 saturated heterocycles. The molecule has 1 aromatic carbocycles. The summed E-state index contributed by atoms with van der Waals surface area (Å²) in [7, 11) is 0. The maximum Gasteiger partial charge on any atom is 0.0566 e. The van der Waals surface area contributed by atoms with Crippen molar-refractivity contribution >= 4 is 23.3 Å². The van der Waals surface area contributed by atoms with Gasteiger partial charge in [-0.15, -0.1) is 25.6 Å². The lowest BCUT2D eigenvalue weighted by molar-refractivity contribution is 0.0465. The van der Waals surface area contributed by atoms with E-state index in [4.69, 9.17) is 0 Å². The first-order valence-corrected chi connectivity index (χ1v) is 9.75. The molecule has 2 nitrogen and oxygen atoms in total. The summed E-state index contributed by atoms with van der Waals surface area (Å²) in [5.41, 5.74) is 4.68. The van der Waals surface area contributed by atoms with Gasteiger partial charge < -0.3 is 4.57 Å². The Kier molecular flexibility index (Phi) is 5.64. The summed E-state index contributed by atoms with van der Waals surface area (Å²) in [4.78, 5) is 2.75. The molecule has 0 spiro atoms. The van der Waals surface area contributed by atoms with E-state index >= 15 is 0 Å². The smallest absolute Gasteiger partial charge is 0.0566 e. The van der Waals surface area contributed by atoms with Gasteiger partial charge in [-0.25, -0.2) is 0 Å². The average Bonchev–Trinajstić information content (AvgIpc) is 3.24. The lowest BCUT2D eigenvalue weighted by Crippen LogP contribution is -2.44. The second-order valence-electron chi connectivity index (χ2n) is 7.92. The third-order valence-electron chi connectivity index (χ3n) is 6.55. The number of benzene rings is 1. The zero-order chi connectivity index (χ0) is 17.4. The van der Waals surface area contributed by atoms with E-state index in [9.17, 15) is 0 Å². The van der Waals surface area contributed by atoms with Crippen LogP contribution in [0.4, 0.5) is 0 Å². The molecule has 0 radical (unpaired) electrons. The fourth-order valence-corrected chi connectivity index (χ4v) is 5.50. The van der Waals surface area contributed by atoms with Crippen LogP contribution in [0.2, 0.25) is 0 Å². The van der Waals surface area contributed by atoms with Gasteiger partial charge in [0.15, 0.2) is 0 Å². The van der Waals surface area contributed by atoms with Gasteiger partial charge in [-0.3, -0.25) is 4.90 Å². The second-order valence-corrected chi connectivity index (χ2v) is 7.92. The van der Waals surface area contributed by atoms with Crippen LogP contribution in [0.3, 0.4) is 0 Å². The molecular formula is C23H31ClN2. The molecule has 4 rings (SSSR count). The van der Waals surface area contributed by atoms with Crippen LogP contribution >= 0.6 is 12.4 Å². The first kappa shape index (κ1) is 19.3. The summed E-state index contributed by atoms with van der Waals surface area (Å²) in [6.07, 6.45) is 10.3. The molecule has 2 aliphatic heterocycles. The van der Waals surface area contributed by atoms with Crippen molar-refractivity contribution in [2.24, 2.45) is 5.41 Å². The summed E-state index contributed by atoms with van der Waals surface area (Å²) in [5.74, 6) is 0. The maximum absolute atomic E-state index is 4.10. The topological polar surface area (TPSA) is 8.17 Å². The van der Waals surface area contributed by atoms with Crippen molar-refractivity contribution in [1.82, 2.24) is 9.47 Å². The monoisotopic (exact) mass is 370 g/mol. The number of aromatic nitrogens is 1. The van der Waals surface area contributed by atoms with Crippen molar-refractivity contribution in [1.29, 1.82) is 0 Å². The molecule has 1 unspecified atom stereocenters. The van der Waals surface area contributed by atoms with E-state index < -0.39 is 0 Å². The van der Waals surface area contributed by atoms with E-state index in [-0.39, 0.29) is 17.8 Å². The van der Waals surface area contributed by atoms with Crippen LogP contribution in [-0.2, 0) is 6.54 Å². The van der Waals surface area contributed by atoms with Gasteiger partial charge in [0.2, 0.25) is 0 Å². The number of hydrogen-bond donors (Lipinski definition) is 0. The molecule has 1 fully saturated rings. The Labute approximate surface area is 164 Å². The molecule has 2 aliphatic rings. The minimum atomic E-state index is 0. The Morgan fingerprint density at radius 1 is 1.08 bits per heavy atom. The Balaban J connectivity index is 0.00000196. The molecular weight excluding hydrogens is 340 g/mol. The van der Waals surface area contributed by atoms with E-state index in [2.05, 4.69) is 66.0 Å². The Morgan fingerprint density at radius 2 is 1.73 bits per heavy atom. The molecule has 2 aromatic rings. The van der Waals surface area contributed by atoms with Crippen molar-refractivity contribution < 1.29 is 0 Å². The predicted octanol–water partition coefficient (Wildman–Crippen LogP) is 6.05. The van der Waals surface area contributed by atoms with Crippen molar-refractivity contribution in [3.63, 3.8) is 0 Å². The molecule has 0 aliphatic carbocycles. The molecule has 26 heavy (non-hydrogen) atoms. The number of fused-ring (bicyclic) bond motifs is 3. The summed E-state index contributed by atoms with van der Waals surface area (Å²) >= 11 is 0. The maximum atomic E-state index is 4.10. The van der Waals surface area contributed by atoms with Gasteiger partial charge in [0.05, 0.1) is 6.04 Å². The summed E-state index contributed by atoms with van der Waals surface area (Å²) in [6, 6.07) is 9.41. The fraction of sp³-hybridized carbons (Fsp3) is 0.478. The van der Waals surface area contributed by atoms with Crippen LogP contribution in [0.15, 0.2) is 49.6 Å². The first-order valence-electron chi connectivity index (χ1n) is 9.75. The molecule has 0 amide bonds. The first-order chi connectivity index (χ1) is 12.2. The normalized spacial score (nSPS) is 22.0. The highest BCUT2D eigenvalue weighted by Gasteiger charge is 2.46.